The molecule has 1 aromatic heterocycles. The van der Waals surface area contributed by atoms with Crippen molar-refractivity contribution in [2.75, 3.05) is 5.73 Å². The Morgan fingerprint density at radius 2 is 1.90 bits per heavy atom. The number of benzene rings is 2. The summed E-state index contributed by atoms with van der Waals surface area (Å²) in [4.78, 5) is 5.39. The number of aryl methyl sites for hydroxylation is 1. The molecule has 1 heterocycles. The highest BCUT2D eigenvalue weighted by Crippen LogP contribution is 2.20. The van der Waals surface area contributed by atoms with Gasteiger partial charge in [-0.25, -0.2) is 0 Å². The summed E-state index contributed by atoms with van der Waals surface area (Å²) >= 11 is 0. The number of hydrogen-bond acceptors (Lipinski definition) is 3. The van der Waals surface area contributed by atoms with Gasteiger partial charge in [-0.05, 0) is 42.8 Å². The smallest absolute Gasteiger partial charge is 0.0706 e. The summed E-state index contributed by atoms with van der Waals surface area (Å²) in [5.41, 5.74) is 9.14. The second-order valence-electron chi connectivity index (χ2n) is 5.01. The molecule has 1 unspecified atom stereocenters. The van der Waals surface area contributed by atoms with Crippen molar-refractivity contribution in [2.24, 2.45) is 0 Å². The number of hydrogen-bond donors (Lipinski definition) is 1. The van der Waals surface area contributed by atoms with Crippen LogP contribution in [0.3, 0.4) is 0 Å². The highest BCUT2D eigenvalue weighted by atomic mass is 32.2. The SMILES string of the molecule is Cc1cc(N)ccc1S(=O)Cc1ccc2ccccc2n1. The normalized spacial score (nSPS) is 12.4. The second kappa shape index (κ2) is 5.66. The zero-order valence-corrected chi connectivity index (χ0v) is 12.6. The number of aromatic nitrogens is 1. The van der Waals surface area contributed by atoms with Crippen LogP contribution in [0, 0.1) is 6.92 Å². The standard InChI is InChI=1S/C17H16N2OS/c1-12-10-14(18)7-9-17(12)21(20)11-15-8-6-13-4-2-3-5-16(13)19-15/h2-10H,11,18H2,1H3. The molecule has 1 atom stereocenters. The minimum absolute atomic E-state index is 0.412. The van der Waals surface area contributed by atoms with Gasteiger partial charge in [0.2, 0.25) is 0 Å². The average Bonchev–Trinajstić information content (AvgIpc) is 2.47. The molecular formula is C17H16N2OS. The Morgan fingerprint density at radius 1 is 1.10 bits per heavy atom. The van der Waals surface area contributed by atoms with E-state index in [-0.39, 0.29) is 0 Å². The van der Waals surface area contributed by atoms with Crippen molar-refractivity contribution in [3.8, 4) is 0 Å². The third-order valence-corrected chi connectivity index (χ3v) is 4.89. The Morgan fingerprint density at radius 3 is 2.71 bits per heavy atom. The molecule has 0 bridgehead atoms. The molecule has 0 aliphatic heterocycles. The minimum Gasteiger partial charge on any atom is -0.399 e. The van der Waals surface area contributed by atoms with Crippen LogP contribution in [0.5, 0.6) is 0 Å². The van der Waals surface area contributed by atoms with E-state index >= 15 is 0 Å². The van der Waals surface area contributed by atoms with Crippen LogP contribution >= 0.6 is 0 Å². The van der Waals surface area contributed by atoms with Gasteiger partial charge in [0.25, 0.3) is 0 Å². The molecule has 0 aliphatic rings. The van der Waals surface area contributed by atoms with Crippen LogP contribution in [0.15, 0.2) is 59.5 Å². The lowest BCUT2D eigenvalue weighted by molar-refractivity contribution is 0.681. The first-order chi connectivity index (χ1) is 10.1. The van der Waals surface area contributed by atoms with Gasteiger partial charge in [0.1, 0.15) is 0 Å². The number of pyridine rings is 1. The van der Waals surface area contributed by atoms with E-state index in [2.05, 4.69) is 4.98 Å². The second-order valence-corrected chi connectivity index (χ2v) is 6.43. The van der Waals surface area contributed by atoms with Crippen molar-refractivity contribution < 1.29 is 4.21 Å². The van der Waals surface area contributed by atoms with Gasteiger partial charge < -0.3 is 5.73 Å². The molecule has 0 saturated carbocycles. The van der Waals surface area contributed by atoms with Crippen molar-refractivity contribution in [3.63, 3.8) is 0 Å². The number of rotatable bonds is 3. The summed E-state index contributed by atoms with van der Waals surface area (Å²) in [6.07, 6.45) is 0. The lowest BCUT2D eigenvalue weighted by Gasteiger charge is -2.07. The lowest BCUT2D eigenvalue weighted by atomic mass is 10.2. The predicted molar refractivity (Wildman–Crippen MR) is 87.4 cm³/mol. The van der Waals surface area contributed by atoms with Crippen molar-refractivity contribution in [1.29, 1.82) is 0 Å². The number of fused-ring (bicyclic) bond motifs is 1. The summed E-state index contributed by atoms with van der Waals surface area (Å²) in [5.74, 6) is 0.412. The third-order valence-electron chi connectivity index (χ3n) is 3.38. The Kier molecular flexibility index (Phi) is 3.71. The Bertz CT molecular complexity index is 830. The predicted octanol–water partition coefficient (Wildman–Crippen LogP) is 3.43. The van der Waals surface area contributed by atoms with Gasteiger partial charge in [-0.3, -0.25) is 9.19 Å². The van der Waals surface area contributed by atoms with Crippen molar-refractivity contribution in [1.82, 2.24) is 4.98 Å². The molecule has 3 aromatic rings. The fourth-order valence-electron chi connectivity index (χ4n) is 2.33. The Hall–Kier alpha value is -2.20. The molecule has 3 nitrogen and oxygen atoms in total. The molecule has 0 aliphatic carbocycles. The van der Waals surface area contributed by atoms with Gasteiger partial charge in [0.05, 0.1) is 27.8 Å². The van der Waals surface area contributed by atoms with Gasteiger partial charge in [0, 0.05) is 16.0 Å². The van der Waals surface area contributed by atoms with E-state index in [4.69, 9.17) is 5.73 Å². The number of nitrogens with two attached hydrogens (primary N) is 1. The van der Waals surface area contributed by atoms with Crippen molar-refractivity contribution in [2.45, 2.75) is 17.6 Å². The largest absolute Gasteiger partial charge is 0.399 e. The lowest BCUT2D eigenvalue weighted by Crippen LogP contribution is -2.01. The summed E-state index contributed by atoms with van der Waals surface area (Å²) in [6.45, 7) is 1.93. The molecule has 0 fully saturated rings. The topological polar surface area (TPSA) is 56.0 Å². The number of para-hydroxylation sites is 1. The van der Waals surface area contributed by atoms with Gasteiger partial charge >= 0.3 is 0 Å². The quantitative estimate of drug-likeness (QED) is 0.753. The van der Waals surface area contributed by atoms with Crippen LogP contribution < -0.4 is 5.73 Å². The first-order valence-corrected chi connectivity index (χ1v) is 8.04. The number of anilines is 1. The molecule has 0 spiro atoms. The molecule has 2 N–H and O–H groups in total. The molecule has 106 valence electrons. The molecule has 0 amide bonds. The molecule has 0 saturated heterocycles. The van der Waals surface area contributed by atoms with Crippen LogP contribution in [0.2, 0.25) is 0 Å². The summed E-state index contributed by atoms with van der Waals surface area (Å²) in [6, 6.07) is 17.4. The molecule has 4 heteroatoms. The van der Waals surface area contributed by atoms with Crippen molar-refractivity contribution in [3.05, 3.63) is 65.9 Å². The Labute approximate surface area is 126 Å². The maximum atomic E-state index is 12.5. The van der Waals surface area contributed by atoms with Gasteiger partial charge in [0.15, 0.2) is 0 Å². The van der Waals surface area contributed by atoms with E-state index in [9.17, 15) is 4.21 Å². The summed E-state index contributed by atoms with van der Waals surface area (Å²) in [5, 5.41) is 1.09. The van der Waals surface area contributed by atoms with Gasteiger partial charge in [-0.15, -0.1) is 0 Å². The van der Waals surface area contributed by atoms with E-state index in [1.165, 1.54) is 0 Å². The highest BCUT2D eigenvalue weighted by Gasteiger charge is 2.09. The van der Waals surface area contributed by atoms with Crippen LogP contribution in [0.1, 0.15) is 11.3 Å². The van der Waals surface area contributed by atoms with Crippen LogP contribution in [-0.4, -0.2) is 9.19 Å². The molecule has 2 aromatic carbocycles. The van der Waals surface area contributed by atoms with E-state index < -0.39 is 10.8 Å². The fraction of sp³-hybridized carbons (Fsp3) is 0.118. The van der Waals surface area contributed by atoms with Crippen LogP contribution in [-0.2, 0) is 16.6 Å². The minimum atomic E-state index is -1.12. The fourth-order valence-corrected chi connectivity index (χ4v) is 3.55. The monoisotopic (exact) mass is 296 g/mol. The van der Waals surface area contributed by atoms with Gasteiger partial charge in [-0.2, -0.15) is 0 Å². The van der Waals surface area contributed by atoms with Crippen LogP contribution in [0.4, 0.5) is 5.69 Å². The third kappa shape index (κ3) is 2.95. The maximum absolute atomic E-state index is 12.5. The van der Waals surface area contributed by atoms with Gasteiger partial charge in [-0.1, -0.05) is 24.3 Å². The summed E-state index contributed by atoms with van der Waals surface area (Å²) < 4.78 is 12.5. The zero-order chi connectivity index (χ0) is 14.8. The zero-order valence-electron chi connectivity index (χ0n) is 11.7. The molecule has 21 heavy (non-hydrogen) atoms. The van der Waals surface area contributed by atoms with Crippen LogP contribution in [0.25, 0.3) is 10.9 Å². The van der Waals surface area contributed by atoms with E-state index in [1.54, 1.807) is 6.07 Å². The number of nitrogens with zero attached hydrogens (tertiary/aromatic N) is 1. The maximum Gasteiger partial charge on any atom is 0.0706 e. The van der Waals surface area contributed by atoms with E-state index in [1.807, 2.05) is 55.5 Å². The van der Waals surface area contributed by atoms with E-state index in [0.29, 0.717) is 11.4 Å². The molecule has 3 rings (SSSR count). The number of nitrogen functional groups attached to an aromatic ring is 1. The average molecular weight is 296 g/mol. The molecule has 0 radical (unpaired) electrons. The highest BCUT2D eigenvalue weighted by molar-refractivity contribution is 7.84. The van der Waals surface area contributed by atoms with Crippen molar-refractivity contribution >= 4 is 27.4 Å². The van der Waals surface area contributed by atoms with E-state index in [0.717, 1.165) is 27.1 Å². The Balaban J connectivity index is 1.89. The summed E-state index contributed by atoms with van der Waals surface area (Å²) in [7, 11) is -1.12. The first kappa shape index (κ1) is 13.8. The molecular weight excluding hydrogens is 280 g/mol. The first-order valence-electron chi connectivity index (χ1n) is 6.72.